The lowest BCUT2D eigenvalue weighted by molar-refractivity contribution is 0.0930. The zero-order valence-corrected chi connectivity index (χ0v) is 9.77. The minimum Gasteiger partial charge on any atom is -0.469 e. The Morgan fingerprint density at radius 3 is 3.00 bits per heavy atom. The van der Waals surface area contributed by atoms with Crippen LogP contribution in [0.4, 0.5) is 0 Å². The minimum absolute atomic E-state index is 0.0225. The van der Waals surface area contributed by atoms with E-state index in [0.717, 1.165) is 5.76 Å². The van der Waals surface area contributed by atoms with Gasteiger partial charge in [-0.05, 0) is 26.0 Å². The fourth-order valence-corrected chi connectivity index (χ4v) is 1.55. The topological polar surface area (TPSA) is 68.3 Å². The number of nitrogens with one attached hydrogen (secondary N) is 1. The van der Waals surface area contributed by atoms with E-state index in [9.17, 15) is 4.79 Å². The number of hydrogen-bond donors (Lipinski definition) is 1. The molecule has 0 aliphatic heterocycles. The van der Waals surface area contributed by atoms with Gasteiger partial charge in [0.15, 0.2) is 5.69 Å². The summed E-state index contributed by atoms with van der Waals surface area (Å²) in [4.78, 5) is 11.7. The molecule has 0 saturated heterocycles. The Labute approximate surface area is 98.8 Å². The maximum atomic E-state index is 11.7. The van der Waals surface area contributed by atoms with Gasteiger partial charge >= 0.3 is 0 Å². The molecule has 5 nitrogen and oxygen atoms in total. The number of carbonyl (C=O) groups is 1. The van der Waals surface area contributed by atoms with Crippen LogP contribution in [0.2, 0.25) is 0 Å². The zero-order chi connectivity index (χ0) is 12.3. The van der Waals surface area contributed by atoms with Crippen molar-refractivity contribution in [2.24, 2.45) is 0 Å². The van der Waals surface area contributed by atoms with Crippen molar-refractivity contribution in [1.82, 2.24) is 10.5 Å². The molecule has 90 valence electrons. The first-order valence-electron chi connectivity index (χ1n) is 5.41. The van der Waals surface area contributed by atoms with Crippen LogP contribution in [-0.2, 0) is 6.42 Å². The van der Waals surface area contributed by atoms with Gasteiger partial charge in [-0.2, -0.15) is 0 Å². The molecule has 0 aromatic carbocycles. The Morgan fingerprint density at radius 2 is 2.41 bits per heavy atom. The van der Waals surface area contributed by atoms with Crippen LogP contribution >= 0.6 is 0 Å². The fraction of sp³-hybridized carbons (Fsp3) is 0.333. The number of carbonyl (C=O) groups excluding carboxylic acids is 1. The Morgan fingerprint density at radius 1 is 1.59 bits per heavy atom. The van der Waals surface area contributed by atoms with Crippen LogP contribution in [0.15, 0.2) is 33.4 Å². The monoisotopic (exact) mass is 234 g/mol. The summed E-state index contributed by atoms with van der Waals surface area (Å²) in [6, 6.07) is 5.29. The summed E-state index contributed by atoms with van der Waals surface area (Å²) in [7, 11) is 0. The van der Waals surface area contributed by atoms with E-state index in [1.165, 1.54) is 0 Å². The molecule has 0 radical (unpaired) electrons. The van der Waals surface area contributed by atoms with E-state index in [4.69, 9.17) is 8.94 Å². The smallest absolute Gasteiger partial charge is 0.273 e. The van der Waals surface area contributed by atoms with E-state index in [2.05, 4.69) is 10.5 Å². The number of rotatable bonds is 4. The highest BCUT2D eigenvalue weighted by atomic mass is 16.5. The molecule has 0 aliphatic rings. The van der Waals surface area contributed by atoms with E-state index in [1.807, 2.05) is 19.1 Å². The Kier molecular flexibility index (Phi) is 3.27. The summed E-state index contributed by atoms with van der Waals surface area (Å²) >= 11 is 0. The predicted molar refractivity (Wildman–Crippen MR) is 60.6 cm³/mol. The highest BCUT2D eigenvalue weighted by Gasteiger charge is 2.14. The first kappa shape index (κ1) is 11.4. The van der Waals surface area contributed by atoms with Crippen molar-refractivity contribution < 1.29 is 13.7 Å². The molecule has 0 bridgehead atoms. The van der Waals surface area contributed by atoms with Gasteiger partial charge in [0.25, 0.3) is 5.91 Å². The number of aromatic nitrogens is 1. The summed E-state index contributed by atoms with van der Waals surface area (Å²) in [5.41, 5.74) is 0.300. The highest BCUT2D eigenvalue weighted by Crippen LogP contribution is 2.05. The first-order valence-corrected chi connectivity index (χ1v) is 5.41. The molecule has 0 spiro atoms. The summed E-state index contributed by atoms with van der Waals surface area (Å²) in [5.74, 6) is 1.23. The molecular weight excluding hydrogens is 220 g/mol. The van der Waals surface area contributed by atoms with Crippen LogP contribution in [0.5, 0.6) is 0 Å². The van der Waals surface area contributed by atoms with Crippen LogP contribution < -0.4 is 5.32 Å². The van der Waals surface area contributed by atoms with Crippen molar-refractivity contribution in [3.05, 3.63) is 41.7 Å². The Hall–Kier alpha value is -2.04. The second kappa shape index (κ2) is 4.86. The number of hydrogen-bond acceptors (Lipinski definition) is 4. The largest absolute Gasteiger partial charge is 0.469 e. The molecule has 1 N–H and O–H groups in total. The van der Waals surface area contributed by atoms with Crippen LogP contribution in [0.25, 0.3) is 0 Å². The third-order valence-electron chi connectivity index (χ3n) is 2.33. The van der Waals surface area contributed by atoms with Gasteiger partial charge in [-0.1, -0.05) is 5.16 Å². The van der Waals surface area contributed by atoms with E-state index >= 15 is 0 Å². The van der Waals surface area contributed by atoms with Gasteiger partial charge in [0, 0.05) is 18.5 Å². The van der Waals surface area contributed by atoms with E-state index < -0.39 is 0 Å². The Bertz CT molecular complexity index is 488. The van der Waals surface area contributed by atoms with E-state index in [-0.39, 0.29) is 11.9 Å². The van der Waals surface area contributed by atoms with Crippen molar-refractivity contribution in [2.75, 3.05) is 0 Å². The number of furan rings is 1. The maximum absolute atomic E-state index is 11.7. The van der Waals surface area contributed by atoms with Crippen molar-refractivity contribution in [1.29, 1.82) is 0 Å². The summed E-state index contributed by atoms with van der Waals surface area (Å²) in [6.45, 7) is 3.66. The highest BCUT2D eigenvalue weighted by molar-refractivity contribution is 5.92. The lowest BCUT2D eigenvalue weighted by Crippen LogP contribution is -2.34. The van der Waals surface area contributed by atoms with Crippen LogP contribution in [0, 0.1) is 6.92 Å². The molecule has 2 heterocycles. The number of nitrogens with zero attached hydrogens (tertiary/aromatic N) is 1. The van der Waals surface area contributed by atoms with Crippen molar-refractivity contribution >= 4 is 5.91 Å². The summed E-state index contributed by atoms with van der Waals surface area (Å²) in [6.07, 6.45) is 2.26. The van der Waals surface area contributed by atoms with Gasteiger partial charge in [-0.15, -0.1) is 0 Å². The van der Waals surface area contributed by atoms with Crippen molar-refractivity contribution in [3.63, 3.8) is 0 Å². The SMILES string of the molecule is Cc1cc(C(=O)N[C@H](C)Cc2ccco2)no1. The van der Waals surface area contributed by atoms with E-state index in [0.29, 0.717) is 17.9 Å². The van der Waals surface area contributed by atoms with Crippen LogP contribution in [0.3, 0.4) is 0 Å². The number of aryl methyl sites for hydroxylation is 1. The van der Waals surface area contributed by atoms with Gasteiger partial charge < -0.3 is 14.3 Å². The maximum Gasteiger partial charge on any atom is 0.273 e. The van der Waals surface area contributed by atoms with E-state index in [1.54, 1.807) is 19.3 Å². The van der Waals surface area contributed by atoms with Gasteiger partial charge in [-0.3, -0.25) is 4.79 Å². The molecule has 0 aliphatic carbocycles. The minimum atomic E-state index is -0.235. The molecule has 1 atom stereocenters. The molecule has 2 aromatic heterocycles. The third kappa shape index (κ3) is 2.96. The van der Waals surface area contributed by atoms with Crippen molar-refractivity contribution in [2.45, 2.75) is 26.3 Å². The molecule has 1 amide bonds. The van der Waals surface area contributed by atoms with Gasteiger partial charge in [0.2, 0.25) is 0 Å². The molecular formula is C12H14N2O3. The van der Waals surface area contributed by atoms with Gasteiger partial charge in [-0.25, -0.2) is 0 Å². The molecule has 0 unspecified atom stereocenters. The molecule has 2 aromatic rings. The quantitative estimate of drug-likeness (QED) is 0.877. The molecule has 5 heteroatoms. The second-order valence-corrected chi connectivity index (χ2v) is 3.98. The lowest BCUT2D eigenvalue weighted by atomic mass is 10.2. The zero-order valence-electron chi connectivity index (χ0n) is 9.77. The summed E-state index contributed by atoms with van der Waals surface area (Å²) in [5, 5.41) is 6.48. The van der Waals surface area contributed by atoms with Crippen LogP contribution in [-0.4, -0.2) is 17.1 Å². The Balaban J connectivity index is 1.90. The first-order chi connectivity index (χ1) is 8.15. The number of amides is 1. The third-order valence-corrected chi connectivity index (χ3v) is 2.33. The van der Waals surface area contributed by atoms with Gasteiger partial charge in [0.05, 0.1) is 6.26 Å². The molecule has 0 fully saturated rings. The predicted octanol–water partition coefficient (Wildman–Crippen LogP) is 1.94. The molecule has 2 rings (SSSR count). The van der Waals surface area contributed by atoms with Gasteiger partial charge in [0.1, 0.15) is 11.5 Å². The average molecular weight is 234 g/mol. The summed E-state index contributed by atoms with van der Waals surface area (Å²) < 4.78 is 10.1. The normalized spacial score (nSPS) is 12.4. The standard InChI is InChI=1S/C12H14N2O3/c1-8(6-10-4-3-5-16-10)13-12(15)11-7-9(2)17-14-11/h3-5,7-8H,6H2,1-2H3,(H,13,15)/t8-/m1/s1. The second-order valence-electron chi connectivity index (χ2n) is 3.98. The lowest BCUT2D eigenvalue weighted by Gasteiger charge is -2.10. The molecule has 0 saturated carbocycles. The van der Waals surface area contributed by atoms with Crippen LogP contribution in [0.1, 0.15) is 28.9 Å². The average Bonchev–Trinajstić information content (AvgIpc) is 2.89. The van der Waals surface area contributed by atoms with Crippen molar-refractivity contribution in [3.8, 4) is 0 Å². The fourth-order valence-electron chi connectivity index (χ4n) is 1.55. The molecule has 17 heavy (non-hydrogen) atoms.